The van der Waals surface area contributed by atoms with Gasteiger partial charge in [0.2, 0.25) is 0 Å². The summed E-state index contributed by atoms with van der Waals surface area (Å²) in [6.45, 7) is 3.89. The minimum atomic E-state index is 0.0418. The summed E-state index contributed by atoms with van der Waals surface area (Å²) in [7, 11) is 0. The second-order valence-electron chi connectivity index (χ2n) is 6.08. The number of para-hydroxylation sites is 1. The van der Waals surface area contributed by atoms with Crippen molar-refractivity contribution in [2.45, 2.75) is 20.0 Å². The van der Waals surface area contributed by atoms with Crippen molar-refractivity contribution in [3.05, 3.63) is 58.7 Å². The molecule has 0 N–H and O–H groups in total. The molecule has 0 fully saturated rings. The van der Waals surface area contributed by atoms with E-state index in [-0.39, 0.29) is 6.10 Å². The summed E-state index contributed by atoms with van der Waals surface area (Å²) in [5, 5.41) is 6.12. The predicted molar refractivity (Wildman–Crippen MR) is 102 cm³/mol. The van der Waals surface area contributed by atoms with Crippen LogP contribution in [0.2, 0.25) is 10.0 Å². The molecule has 0 spiro atoms. The second-order valence-corrected chi connectivity index (χ2v) is 6.89. The Labute approximate surface area is 160 Å². The van der Waals surface area contributed by atoms with E-state index in [1.54, 1.807) is 22.9 Å². The fourth-order valence-corrected chi connectivity index (χ4v) is 3.20. The molecule has 2 heterocycles. The first-order chi connectivity index (χ1) is 12.5. The zero-order valence-electron chi connectivity index (χ0n) is 14.1. The third-order valence-electron chi connectivity index (χ3n) is 3.84. The third-order valence-corrected chi connectivity index (χ3v) is 4.43. The molecule has 7 heteroatoms. The Balaban J connectivity index is 1.71. The lowest BCUT2D eigenvalue weighted by Crippen LogP contribution is -2.05. The Kier molecular flexibility index (Phi) is 4.34. The van der Waals surface area contributed by atoms with E-state index in [2.05, 4.69) is 10.1 Å². The zero-order valence-corrected chi connectivity index (χ0v) is 15.6. The first-order valence-corrected chi connectivity index (χ1v) is 8.85. The van der Waals surface area contributed by atoms with Crippen LogP contribution in [0.5, 0.6) is 5.75 Å². The third kappa shape index (κ3) is 3.04. The largest absolute Gasteiger partial charge is 0.489 e. The molecule has 26 heavy (non-hydrogen) atoms. The van der Waals surface area contributed by atoms with Gasteiger partial charge in [-0.1, -0.05) is 41.4 Å². The Morgan fingerprint density at radius 2 is 1.88 bits per heavy atom. The average molecular weight is 388 g/mol. The average Bonchev–Trinajstić information content (AvgIpc) is 3.22. The highest BCUT2D eigenvalue weighted by atomic mass is 35.5. The van der Waals surface area contributed by atoms with E-state index in [4.69, 9.17) is 32.5 Å². The van der Waals surface area contributed by atoms with Crippen LogP contribution in [0.1, 0.15) is 13.8 Å². The number of hydrogen-bond acceptors (Lipinski definition) is 4. The number of ether oxygens (including phenoxy) is 1. The molecule has 2 aromatic carbocycles. The smallest absolute Gasteiger partial charge is 0.275 e. The fourth-order valence-electron chi connectivity index (χ4n) is 2.72. The van der Waals surface area contributed by atoms with Crippen LogP contribution in [0.15, 0.2) is 53.2 Å². The van der Waals surface area contributed by atoms with Crippen LogP contribution < -0.4 is 4.74 Å². The molecule has 2 aromatic heterocycles. The molecule has 4 rings (SSSR count). The maximum absolute atomic E-state index is 6.29. The number of hydrogen-bond donors (Lipinski definition) is 0. The van der Waals surface area contributed by atoms with Crippen molar-refractivity contribution in [1.82, 2.24) is 14.7 Å². The van der Waals surface area contributed by atoms with Crippen molar-refractivity contribution in [2.24, 2.45) is 0 Å². The van der Waals surface area contributed by atoms with Gasteiger partial charge in [-0.25, -0.2) is 0 Å². The van der Waals surface area contributed by atoms with Crippen molar-refractivity contribution >= 4 is 34.1 Å². The van der Waals surface area contributed by atoms with Crippen LogP contribution in [0.4, 0.5) is 0 Å². The normalized spacial score (nSPS) is 11.4. The number of benzene rings is 2. The van der Waals surface area contributed by atoms with Gasteiger partial charge in [0.15, 0.2) is 0 Å². The van der Waals surface area contributed by atoms with Crippen LogP contribution in [-0.2, 0) is 0 Å². The van der Waals surface area contributed by atoms with E-state index in [9.17, 15) is 0 Å². The molecule has 0 aliphatic rings. The first kappa shape index (κ1) is 16.9. The SMILES string of the molecule is CC(C)Oc1ccc(-c2nc(-n3cc(Cl)c4ccccc43)no2)cc1Cl. The van der Waals surface area contributed by atoms with Crippen LogP contribution in [0.3, 0.4) is 0 Å². The van der Waals surface area contributed by atoms with E-state index < -0.39 is 0 Å². The van der Waals surface area contributed by atoms with Crippen molar-refractivity contribution in [3.8, 4) is 23.2 Å². The summed E-state index contributed by atoms with van der Waals surface area (Å²) in [4.78, 5) is 4.47. The van der Waals surface area contributed by atoms with Crippen molar-refractivity contribution < 1.29 is 9.26 Å². The van der Waals surface area contributed by atoms with Crippen LogP contribution in [0, 0.1) is 0 Å². The van der Waals surface area contributed by atoms with Crippen LogP contribution >= 0.6 is 23.2 Å². The van der Waals surface area contributed by atoms with Gasteiger partial charge in [-0.15, -0.1) is 0 Å². The Hall–Kier alpha value is -2.50. The summed E-state index contributed by atoms with van der Waals surface area (Å²) >= 11 is 12.6. The lowest BCUT2D eigenvalue weighted by atomic mass is 10.2. The second kappa shape index (κ2) is 6.67. The summed E-state index contributed by atoms with van der Waals surface area (Å²) in [5.41, 5.74) is 1.62. The highest BCUT2D eigenvalue weighted by Gasteiger charge is 2.15. The maximum atomic E-state index is 6.29. The molecule has 0 saturated carbocycles. The van der Waals surface area contributed by atoms with Crippen molar-refractivity contribution in [3.63, 3.8) is 0 Å². The van der Waals surface area contributed by atoms with Gasteiger partial charge in [-0.3, -0.25) is 4.57 Å². The van der Waals surface area contributed by atoms with Gasteiger partial charge in [-0.2, -0.15) is 4.98 Å². The monoisotopic (exact) mass is 387 g/mol. The molecule has 4 aromatic rings. The molecule has 5 nitrogen and oxygen atoms in total. The molecule has 0 aliphatic carbocycles. The van der Waals surface area contributed by atoms with Gasteiger partial charge in [-0.05, 0) is 43.3 Å². The molecular formula is C19H15Cl2N3O2. The highest BCUT2D eigenvalue weighted by Crippen LogP contribution is 2.32. The Bertz CT molecular complexity index is 1090. The minimum Gasteiger partial charge on any atom is -0.489 e. The quantitative estimate of drug-likeness (QED) is 0.445. The van der Waals surface area contributed by atoms with Gasteiger partial charge in [0.1, 0.15) is 5.75 Å². The summed E-state index contributed by atoms with van der Waals surface area (Å²) in [6, 6.07) is 13.1. The van der Waals surface area contributed by atoms with Gasteiger partial charge < -0.3 is 9.26 Å². The molecule has 132 valence electrons. The summed E-state index contributed by atoms with van der Waals surface area (Å²) < 4.78 is 12.9. The summed E-state index contributed by atoms with van der Waals surface area (Å²) in [5.74, 6) is 1.39. The van der Waals surface area contributed by atoms with Crippen molar-refractivity contribution in [1.29, 1.82) is 0 Å². The molecule has 0 amide bonds. The first-order valence-electron chi connectivity index (χ1n) is 8.09. The summed E-state index contributed by atoms with van der Waals surface area (Å²) in [6.07, 6.45) is 1.81. The number of halogens is 2. The number of fused-ring (bicyclic) bond motifs is 1. The van der Waals surface area contributed by atoms with Gasteiger partial charge >= 0.3 is 0 Å². The molecule has 0 radical (unpaired) electrons. The van der Waals surface area contributed by atoms with Crippen LogP contribution in [-0.4, -0.2) is 20.8 Å². The molecule has 0 aliphatic heterocycles. The van der Waals surface area contributed by atoms with E-state index in [1.807, 2.05) is 44.2 Å². The van der Waals surface area contributed by atoms with E-state index >= 15 is 0 Å². The fraction of sp³-hybridized carbons (Fsp3) is 0.158. The highest BCUT2D eigenvalue weighted by molar-refractivity contribution is 6.35. The lowest BCUT2D eigenvalue weighted by molar-refractivity contribution is 0.242. The number of nitrogens with zero attached hydrogens (tertiary/aromatic N) is 3. The lowest BCUT2D eigenvalue weighted by Gasteiger charge is -2.11. The van der Waals surface area contributed by atoms with Crippen LogP contribution in [0.25, 0.3) is 28.3 Å². The van der Waals surface area contributed by atoms with Crippen molar-refractivity contribution in [2.75, 3.05) is 0 Å². The molecular weight excluding hydrogens is 373 g/mol. The number of aromatic nitrogens is 3. The predicted octanol–water partition coefficient (Wildman–Crippen LogP) is 5.77. The zero-order chi connectivity index (χ0) is 18.3. The molecule has 0 bridgehead atoms. The number of rotatable bonds is 4. The van der Waals surface area contributed by atoms with E-state index in [0.29, 0.717) is 33.2 Å². The molecule has 0 unspecified atom stereocenters. The Morgan fingerprint density at radius 1 is 1.08 bits per heavy atom. The van der Waals surface area contributed by atoms with Gasteiger partial charge in [0.05, 0.1) is 21.7 Å². The standard InChI is InChI=1S/C19H15Cl2N3O2/c1-11(2)25-17-8-7-12(9-14(17)20)18-22-19(23-26-18)24-10-15(21)13-5-3-4-6-16(13)24/h3-11H,1-2H3. The maximum Gasteiger partial charge on any atom is 0.275 e. The molecule has 0 saturated heterocycles. The van der Waals surface area contributed by atoms with E-state index in [0.717, 1.165) is 10.9 Å². The topological polar surface area (TPSA) is 53.1 Å². The minimum absolute atomic E-state index is 0.0418. The van der Waals surface area contributed by atoms with Gasteiger partial charge in [0.25, 0.3) is 11.8 Å². The van der Waals surface area contributed by atoms with Gasteiger partial charge in [0, 0.05) is 17.1 Å². The van der Waals surface area contributed by atoms with E-state index in [1.165, 1.54) is 0 Å². The Morgan fingerprint density at radius 3 is 2.65 bits per heavy atom. The molecule has 0 atom stereocenters.